The lowest BCUT2D eigenvalue weighted by Gasteiger charge is -2.40. The van der Waals surface area contributed by atoms with E-state index in [9.17, 15) is 8.78 Å². The molecule has 20 heavy (non-hydrogen) atoms. The third-order valence-electron chi connectivity index (χ3n) is 4.64. The van der Waals surface area contributed by atoms with Crippen LogP contribution in [-0.4, -0.2) is 5.38 Å². The first-order valence-corrected chi connectivity index (χ1v) is 7.79. The van der Waals surface area contributed by atoms with E-state index >= 15 is 0 Å². The van der Waals surface area contributed by atoms with Gasteiger partial charge in [0.2, 0.25) is 0 Å². The van der Waals surface area contributed by atoms with Crippen LogP contribution in [0.2, 0.25) is 0 Å². The molecule has 0 bridgehead atoms. The van der Waals surface area contributed by atoms with Crippen molar-refractivity contribution in [1.29, 1.82) is 0 Å². The molecule has 112 valence electrons. The van der Waals surface area contributed by atoms with Gasteiger partial charge in [-0.2, -0.15) is 0 Å². The molecule has 0 saturated heterocycles. The molecule has 3 unspecified atom stereocenters. The third-order valence-corrected chi connectivity index (χ3v) is 5.22. The maximum atomic E-state index is 13.8. The summed E-state index contributed by atoms with van der Waals surface area (Å²) in [5, 5.41) is 0.0209. The largest absolute Gasteiger partial charge is 0.207 e. The van der Waals surface area contributed by atoms with Crippen LogP contribution in [0.3, 0.4) is 0 Å². The summed E-state index contributed by atoms with van der Waals surface area (Å²) < 4.78 is 27.6. The highest BCUT2D eigenvalue weighted by atomic mass is 35.5. The van der Waals surface area contributed by atoms with Gasteiger partial charge in [0.15, 0.2) is 0 Å². The van der Waals surface area contributed by atoms with Crippen molar-refractivity contribution in [3.63, 3.8) is 0 Å². The van der Waals surface area contributed by atoms with Crippen LogP contribution in [0, 0.1) is 28.9 Å². The van der Waals surface area contributed by atoms with Gasteiger partial charge in [0.25, 0.3) is 0 Å². The minimum absolute atomic E-state index is 0.0209. The Labute approximate surface area is 125 Å². The van der Waals surface area contributed by atoms with Crippen molar-refractivity contribution >= 4 is 11.6 Å². The summed E-state index contributed by atoms with van der Waals surface area (Å²) in [5.74, 6) is -0.183. The Morgan fingerprint density at radius 2 is 1.75 bits per heavy atom. The number of hydrogen-bond acceptors (Lipinski definition) is 0. The second-order valence-electron chi connectivity index (χ2n) is 7.06. The molecule has 1 aromatic rings. The van der Waals surface area contributed by atoms with Crippen LogP contribution < -0.4 is 0 Å². The molecular formula is C17H23ClF2. The Hall–Kier alpha value is -0.630. The van der Waals surface area contributed by atoms with E-state index in [1.807, 2.05) is 0 Å². The lowest BCUT2D eigenvalue weighted by atomic mass is 9.68. The van der Waals surface area contributed by atoms with Gasteiger partial charge in [0.1, 0.15) is 11.6 Å². The summed E-state index contributed by atoms with van der Waals surface area (Å²) in [6.45, 7) is 6.69. The van der Waals surface area contributed by atoms with Crippen molar-refractivity contribution in [2.24, 2.45) is 17.3 Å². The molecule has 3 heteroatoms. The van der Waals surface area contributed by atoms with Crippen LogP contribution >= 0.6 is 11.6 Å². The molecule has 1 aliphatic rings. The van der Waals surface area contributed by atoms with Crippen LogP contribution in [0.4, 0.5) is 8.78 Å². The molecule has 0 radical (unpaired) electrons. The Kier molecular flexibility index (Phi) is 4.73. The van der Waals surface area contributed by atoms with Gasteiger partial charge in [-0.1, -0.05) is 26.8 Å². The van der Waals surface area contributed by atoms with Crippen molar-refractivity contribution < 1.29 is 8.78 Å². The number of halogens is 3. The predicted molar refractivity (Wildman–Crippen MR) is 80.0 cm³/mol. The predicted octanol–water partition coefficient (Wildman–Crippen LogP) is 5.58. The Bertz CT molecular complexity index is 444. The van der Waals surface area contributed by atoms with E-state index in [1.165, 1.54) is 18.2 Å². The maximum Gasteiger partial charge on any atom is 0.129 e. The van der Waals surface area contributed by atoms with Gasteiger partial charge in [0, 0.05) is 10.9 Å². The molecule has 0 aromatic heterocycles. The number of alkyl halides is 1. The summed E-state index contributed by atoms with van der Waals surface area (Å²) in [6, 6.07) is 4.06. The van der Waals surface area contributed by atoms with Gasteiger partial charge in [-0.15, -0.1) is 11.6 Å². The highest BCUT2D eigenvalue weighted by molar-refractivity contribution is 6.20. The molecule has 0 N–H and O–H groups in total. The van der Waals surface area contributed by atoms with Crippen LogP contribution in [-0.2, 0) is 6.42 Å². The second kappa shape index (κ2) is 6.01. The topological polar surface area (TPSA) is 0 Å². The molecule has 3 atom stereocenters. The maximum absolute atomic E-state index is 13.8. The van der Waals surface area contributed by atoms with E-state index < -0.39 is 11.6 Å². The van der Waals surface area contributed by atoms with Gasteiger partial charge in [-0.3, -0.25) is 0 Å². The molecule has 0 heterocycles. The lowest BCUT2D eigenvalue weighted by Crippen LogP contribution is -2.33. The van der Waals surface area contributed by atoms with Crippen molar-refractivity contribution in [2.45, 2.75) is 51.8 Å². The highest BCUT2D eigenvalue weighted by Gasteiger charge is 2.35. The monoisotopic (exact) mass is 300 g/mol. The summed E-state index contributed by atoms with van der Waals surface area (Å²) in [7, 11) is 0. The van der Waals surface area contributed by atoms with Crippen molar-refractivity contribution in [3.8, 4) is 0 Å². The molecule has 1 saturated carbocycles. The Morgan fingerprint density at radius 1 is 1.15 bits per heavy atom. The third kappa shape index (κ3) is 3.52. The van der Waals surface area contributed by atoms with Crippen LogP contribution in [0.5, 0.6) is 0 Å². The molecular weight excluding hydrogens is 278 g/mol. The number of hydrogen-bond donors (Lipinski definition) is 0. The summed E-state index contributed by atoms with van der Waals surface area (Å²) in [4.78, 5) is 0. The van der Waals surface area contributed by atoms with Gasteiger partial charge < -0.3 is 0 Å². The minimum atomic E-state index is -0.452. The van der Waals surface area contributed by atoms with Crippen LogP contribution in [0.15, 0.2) is 18.2 Å². The normalized spacial score (nSPS) is 27.6. The van der Waals surface area contributed by atoms with E-state index in [4.69, 9.17) is 11.6 Å². The average molecular weight is 301 g/mol. The summed E-state index contributed by atoms with van der Waals surface area (Å²) >= 11 is 6.41. The fraction of sp³-hybridized carbons (Fsp3) is 0.647. The standard InChI is InChI=1S/C17H23ClF2/c1-17(2,3)12-7-8-14(18)11(9-12)10-13-15(19)5-4-6-16(13)20/h4-6,11-12,14H,7-10H2,1-3H3. The van der Waals surface area contributed by atoms with Crippen molar-refractivity contribution in [1.82, 2.24) is 0 Å². The zero-order valence-electron chi connectivity index (χ0n) is 12.4. The number of benzene rings is 1. The van der Waals surface area contributed by atoms with Gasteiger partial charge >= 0.3 is 0 Å². The zero-order valence-corrected chi connectivity index (χ0v) is 13.2. The Balaban J connectivity index is 2.15. The first kappa shape index (κ1) is 15.8. The van der Waals surface area contributed by atoms with Gasteiger partial charge in [0.05, 0.1) is 0 Å². The summed E-state index contributed by atoms with van der Waals surface area (Å²) in [5.41, 5.74) is 0.418. The Morgan fingerprint density at radius 3 is 2.30 bits per heavy atom. The molecule has 1 aliphatic carbocycles. The molecule has 2 rings (SSSR count). The fourth-order valence-corrected chi connectivity index (χ4v) is 3.53. The molecule has 1 fully saturated rings. The molecule has 0 amide bonds. The first-order valence-electron chi connectivity index (χ1n) is 7.36. The smallest absolute Gasteiger partial charge is 0.129 e. The summed E-state index contributed by atoms with van der Waals surface area (Å²) in [6.07, 6.45) is 3.39. The number of rotatable bonds is 2. The molecule has 1 aromatic carbocycles. The van der Waals surface area contributed by atoms with Crippen LogP contribution in [0.1, 0.15) is 45.6 Å². The van der Waals surface area contributed by atoms with E-state index in [0.29, 0.717) is 12.3 Å². The van der Waals surface area contributed by atoms with E-state index in [-0.39, 0.29) is 22.3 Å². The minimum Gasteiger partial charge on any atom is -0.207 e. The van der Waals surface area contributed by atoms with E-state index in [1.54, 1.807) is 0 Å². The van der Waals surface area contributed by atoms with Gasteiger partial charge in [-0.25, -0.2) is 8.78 Å². The van der Waals surface area contributed by atoms with E-state index in [2.05, 4.69) is 20.8 Å². The molecule has 0 nitrogen and oxygen atoms in total. The fourth-order valence-electron chi connectivity index (χ4n) is 3.21. The molecule has 0 aliphatic heterocycles. The first-order chi connectivity index (χ1) is 9.29. The zero-order chi connectivity index (χ0) is 14.9. The van der Waals surface area contributed by atoms with E-state index in [0.717, 1.165) is 19.3 Å². The second-order valence-corrected chi connectivity index (χ2v) is 7.62. The SMILES string of the molecule is CC(C)(C)C1CCC(Cl)C(Cc2c(F)cccc2F)C1. The molecule has 0 spiro atoms. The quantitative estimate of drug-likeness (QED) is 0.626. The average Bonchev–Trinajstić information content (AvgIpc) is 2.34. The van der Waals surface area contributed by atoms with Crippen molar-refractivity contribution in [2.75, 3.05) is 0 Å². The highest BCUT2D eigenvalue weighted by Crippen LogP contribution is 2.43. The van der Waals surface area contributed by atoms with Gasteiger partial charge in [-0.05, 0) is 55.1 Å². The van der Waals surface area contributed by atoms with Crippen LogP contribution in [0.25, 0.3) is 0 Å². The lowest BCUT2D eigenvalue weighted by molar-refractivity contribution is 0.143. The van der Waals surface area contributed by atoms with Crippen molar-refractivity contribution in [3.05, 3.63) is 35.4 Å².